The molecule has 0 unspecified atom stereocenters. The summed E-state index contributed by atoms with van der Waals surface area (Å²) in [6.45, 7) is 0.695. The second-order valence-electron chi connectivity index (χ2n) is 8.85. The van der Waals surface area contributed by atoms with E-state index < -0.39 is 24.1 Å². The average Bonchev–Trinajstić information content (AvgIpc) is 3.32. The molecular weight excluding hydrogens is 480 g/mol. The van der Waals surface area contributed by atoms with Crippen LogP contribution in [0.4, 0.5) is 10.5 Å². The first-order chi connectivity index (χ1) is 18.6. The molecular formula is C31H28N2O5. The minimum atomic E-state index is -0.928. The van der Waals surface area contributed by atoms with Crippen molar-refractivity contribution >= 4 is 17.7 Å². The number of ether oxygens (including phenoxy) is 3. The summed E-state index contributed by atoms with van der Waals surface area (Å²) in [5.41, 5.74) is 3.33. The van der Waals surface area contributed by atoms with Crippen molar-refractivity contribution in [1.29, 1.82) is 0 Å². The number of carbonyl (C=O) groups is 2. The topological polar surface area (TPSA) is 77.1 Å². The molecule has 1 aliphatic rings. The first-order valence-electron chi connectivity index (χ1n) is 12.3. The van der Waals surface area contributed by atoms with Gasteiger partial charge in [-0.3, -0.25) is 4.90 Å². The number of anilines is 1. The van der Waals surface area contributed by atoms with Crippen LogP contribution in [0, 0.1) is 0 Å². The number of hydrogen-bond donors (Lipinski definition) is 1. The van der Waals surface area contributed by atoms with E-state index in [0.29, 0.717) is 36.0 Å². The Morgan fingerprint density at radius 1 is 0.789 bits per heavy atom. The predicted octanol–water partition coefficient (Wildman–Crippen LogP) is 5.66. The van der Waals surface area contributed by atoms with Crippen molar-refractivity contribution in [2.75, 3.05) is 12.0 Å². The number of esters is 1. The van der Waals surface area contributed by atoms with Gasteiger partial charge >= 0.3 is 12.0 Å². The van der Waals surface area contributed by atoms with E-state index in [2.05, 4.69) is 5.32 Å². The number of carbonyl (C=O) groups excluding carboxylic acids is 2. The van der Waals surface area contributed by atoms with Gasteiger partial charge in [0.2, 0.25) is 0 Å². The van der Waals surface area contributed by atoms with E-state index in [1.165, 1.54) is 7.11 Å². The Morgan fingerprint density at radius 2 is 1.37 bits per heavy atom. The van der Waals surface area contributed by atoms with Crippen molar-refractivity contribution in [3.8, 4) is 11.5 Å². The van der Waals surface area contributed by atoms with Gasteiger partial charge in [-0.1, -0.05) is 78.9 Å². The Morgan fingerprint density at radius 3 is 1.97 bits per heavy atom. The lowest BCUT2D eigenvalue weighted by atomic mass is 9.97. The molecule has 2 amide bonds. The van der Waals surface area contributed by atoms with Crippen LogP contribution in [0.25, 0.3) is 0 Å². The van der Waals surface area contributed by atoms with Gasteiger partial charge in [0, 0.05) is 17.3 Å². The maximum absolute atomic E-state index is 13.1. The average molecular weight is 509 g/mol. The molecule has 1 fully saturated rings. The number of methoxy groups -OCH3 is 1. The third-order valence-electron chi connectivity index (χ3n) is 6.37. The molecule has 7 nitrogen and oxygen atoms in total. The van der Waals surface area contributed by atoms with E-state index in [0.717, 1.165) is 11.1 Å². The minimum Gasteiger partial charge on any atom is -0.489 e. The Balaban J connectivity index is 1.53. The molecule has 0 spiro atoms. The lowest BCUT2D eigenvalue weighted by Crippen LogP contribution is -2.37. The number of nitrogens with one attached hydrogen (secondary N) is 1. The van der Waals surface area contributed by atoms with Crippen molar-refractivity contribution in [2.24, 2.45) is 0 Å². The minimum absolute atomic E-state index is 0.304. The predicted molar refractivity (Wildman–Crippen MR) is 144 cm³/mol. The van der Waals surface area contributed by atoms with E-state index in [4.69, 9.17) is 14.2 Å². The highest BCUT2D eigenvalue weighted by Gasteiger charge is 2.47. The van der Waals surface area contributed by atoms with Gasteiger partial charge in [0.15, 0.2) is 6.04 Å². The summed E-state index contributed by atoms with van der Waals surface area (Å²) < 4.78 is 17.4. The quantitative estimate of drug-likeness (QED) is 0.295. The molecule has 4 aromatic carbocycles. The Kier molecular flexibility index (Phi) is 7.54. The van der Waals surface area contributed by atoms with Crippen LogP contribution in [0.5, 0.6) is 11.5 Å². The van der Waals surface area contributed by atoms with Crippen LogP contribution in [0.2, 0.25) is 0 Å². The molecule has 192 valence electrons. The largest absolute Gasteiger partial charge is 0.489 e. The normalized spacial score (nSPS) is 16.6. The van der Waals surface area contributed by atoms with Crippen molar-refractivity contribution in [2.45, 2.75) is 25.3 Å². The maximum Gasteiger partial charge on any atom is 0.330 e. The number of urea groups is 1. The lowest BCUT2D eigenvalue weighted by molar-refractivity contribution is -0.142. The number of hydrogen-bond acceptors (Lipinski definition) is 5. The molecule has 1 N–H and O–H groups in total. The van der Waals surface area contributed by atoms with Gasteiger partial charge in [-0.05, 0) is 35.4 Å². The second kappa shape index (κ2) is 11.5. The second-order valence-corrected chi connectivity index (χ2v) is 8.85. The van der Waals surface area contributed by atoms with Crippen LogP contribution in [0.1, 0.15) is 22.7 Å². The van der Waals surface area contributed by atoms with Crippen molar-refractivity contribution in [3.63, 3.8) is 0 Å². The fourth-order valence-electron chi connectivity index (χ4n) is 4.51. The SMILES string of the molecule is COC(=O)[C@@H]1NC(=O)N(c2ccccc2)[C@@H]1c1ccc(OCc2ccccc2)cc1OCc1ccccc1. The van der Waals surface area contributed by atoms with Crippen LogP contribution in [0.3, 0.4) is 0 Å². The van der Waals surface area contributed by atoms with Crippen molar-refractivity contribution in [3.05, 3.63) is 126 Å². The summed E-state index contributed by atoms with van der Waals surface area (Å²) in [5, 5.41) is 2.79. The highest BCUT2D eigenvalue weighted by atomic mass is 16.5. The van der Waals surface area contributed by atoms with E-state index >= 15 is 0 Å². The third kappa shape index (κ3) is 5.47. The molecule has 1 aliphatic heterocycles. The summed E-state index contributed by atoms with van der Waals surface area (Å²) >= 11 is 0. The maximum atomic E-state index is 13.1. The van der Waals surface area contributed by atoms with Gasteiger partial charge in [-0.15, -0.1) is 0 Å². The van der Waals surface area contributed by atoms with Gasteiger partial charge in [-0.25, -0.2) is 9.59 Å². The van der Waals surface area contributed by atoms with Crippen molar-refractivity contribution < 1.29 is 23.8 Å². The summed E-state index contributed by atoms with van der Waals surface area (Å²) in [5.74, 6) is 0.578. The van der Waals surface area contributed by atoms with Crippen LogP contribution in [-0.2, 0) is 22.7 Å². The van der Waals surface area contributed by atoms with Gasteiger partial charge in [0.05, 0.1) is 13.2 Å². The summed E-state index contributed by atoms with van der Waals surface area (Å²) in [6.07, 6.45) is 0. The fourth-order valence-corrected chi connectivity index (χ4v) is 4.51. The number of amides is 2. The van der Waals surface area contributed by atoms with E-state index in [9.17, 15) is 9.59 Å². The molecule has 0 radical (unpaired) electrons. The summed E-state index contributed by atoms with van der Waals surface area (Å²) in [7, 11) is 1.31. The zero-order chi connectivity index (χ0) is 26.3. The first-order valence-corrected chi connectivity index (χ1v) is 12.3. The molecule has 0 saturated carbocycles. The molecule has 4 aromatic rings. The highest BCUT2D eigenvalue weighted by molar-refractivity contribution is 6.00. The third-order valence-corrected chi connectivity index (χ3v) is 6.37. The summed E-state index contributed by atoms with van der Waals surface area (Å²) in [6, 6.07) is 32.3. The monoisotopic (exact) mass is 508 g/mol. The number of rotatable bonds is 9. The standard InChI is InChI=1S/C31H28N2O5/c1-36-30(34)28-29(33(31(35)32-28)24-15-9-4-10-16-24)26-18-17-25(37-20-22-11-5-2-6-12-22)19-27(26)38-21-23-13-7-3-8-14-23/h2-19,28-29H,20-21H2,1H3,(H,32,35)/t28-,29-/m1/s1. The van der Waals surface area contributed by atoms with Crippen molar-refractivity contribution in [1.82, 2.24) is 5.32 Å². The highest BCUT2D eigenvalue weighted by Crippen LogP contribution is 2.40. The molecule has 0 aliphatic carbocycles. The molecule has 1 heterocycles. The molecule has 5 rings (SSSR count). The van der Waals surface area contributed by atoms with Gasteiger partial charge in [0.25, 0.3) is 0 Å². The molecule has 0 aromatic heterocycles. The first kappa shape index (κ1) is 24.9. The van der Waals surface area contributed by atoms with E-state index in [-0.39, 0.29) is 0 Å². The number of nitrogens with zero attached hydrogens (tertiary/aromatic N) is 1. The molecule has 7 heteroatoms. The zero-order valence-corrected chi connectivity index (χ0v) is 20.9. The van der Waals surface area contributed by atoms with E-state index in [1.807, 2.05) is 109 Å². The van der Waals surface area contributed by atoms with Crippen LogP contribution in [0.15, 0.2) is 109 Å². The van der Waals surface area contributed by atoms with Gasteiger partial charge < -0.3 is 19.5 Å². The summed E-state index contributed by atoms with van der Waals surface area (Å²) in [4.78, 5) is 27.5. The number of benzene rings is 4. The lowest BCUT2D eigenvalue weighted by Gasteiger charge is -2.28. The van der Waals surface area contributed by atoms with Gasteiger partial charge in [-0.2, -0.15) is 0 Å². The molecule has 38 heavy (non-hydrogen) atoms. The fraction of sp³-hybridized carbons (Fsp3) is 0.161. The van der Waals surface area contributed by atoms with Crippen LogP contribution >= 0.6 is 0 Å². The molecule has 0 bridgehead atoms. The number of para-hydroxylation sites is 1. The smallest absolute Gasteiger partial charge is 0.330 e. The Hall–Kier alpha value is -4.78. The van der Waals surface area contributed by atoms with Gasteiger partial charge in [0.1, 0.15) is 24.7 Å². The zero-order valence-electron chi connectivity index (χ0n) is 20.9. The van der Waals surface area contributed by atoms with Crippen LogP contribution < -0.4 is 19.7 Å². The van der Waals surface area contributed by atoms with E-state index in [1.54, 1.807) is 4.90 Å². The Labute approximate surface area is 221 Å². The molecule has 1 saturated heterocycles. The Bertz CT molecular complexity index is 1380. The molecule has 2 atom stereocenters. The van der Waals surface area contributed by atoms with Crippen LogP contribution in [-0.4, -0.2) is 25.2 Å².